The molecule has 84 valence electrons. The molecule has 0 spiro atoms. The number of rotatable bonds is 2. The number of hydrogen-bond acceptors (Lipinski definition) is 3. The highest BCUT2D eigenvalue weighted by molar-refractivity contribution is 5.45. The lowest BCUT2D eigenvalue weighted by molar-refractivity contribution is 0.144. The number of aliphatic hydroxyl groups is 1. The topological polar surface area (TPSA) is 55.5 Å². The van der Waals surface area contributed by atoms with Gasteiger partial charge in [-0.3, -0.25) is 0 Å². The van der Waals surface area contributed by atoms with Gasteiger partial charge in [0.25, 0.3) is 0 Å². The molecule has 0 aromatic heterocycles. The van der Waals surface area contributed by atoms with E-state index in [9.17, 15) is 5.11 Å². The first-order valence-electron chi connectivity index (χ1n) is 5.12. The summed E-state index contributed by atoms with van der Waals surface area (Å²) in [7, 11) is 0. The van der Waals surface area contributed by atoms with Gasteiger partial charge in [0.15, 0.2) is 0 Å². The molecule has 0 bridgehead atoms. The summed E-state index contributed by atoms with van der Waals surface area (Å²) < 4.78 is 5.40. The number of allylic oxidation sites excluding steroid dienone is 1. The Bertz CT molecular complexity index is 323. The fourth-order valence-electron chi connectivity index (χ4n) is 1.78. The van der Waals surface area contributed by atoms with Gasteiger partial charge in [0.2, 0.25) is 0 Å². The Morgan fingerprint density at radius 3 is 2.60 bits per heavy atom. The Labute approximate surface area is 90.9 Å². The molecule has 1 rings (SSSR count). The van der Waals surface area contributed by atoms with Crippen LogP contribution in [0.2, 0.25) is 0 Å². The van der Waals surface area contributed by atoms with E-state index in [4.69, 9.17) is 10.5 Å². The Morgan fingerprint density at radius 2 is 2.13 bits per heavy atom. The number of nitrogens with two attached hydrogens (primary N) is 1. The van der Waals surface area contributed by atoms with E-state index < -0.39 is 0 Å². The first-order valence-corrected chi connectivity index (χ1v) is 5.12. The number of ether oxygens (including phenoxy) is 1. The summed E-state index contributed by atoms with van der Waals surface area (Å²) in [6.07, 6.45) is 0.798. The lowest BCUT2D eigenvalue weighted by Gasteiger charge is -2.23. The molecule has 3 N–H and O–H groups in total. The lowest BCUT2D eigenvalue weighted by Crippen LogP contribution is -2.18. The van der Waals surface area contributed by atoms with Crippen molar-refractivity contribution in [3.05, 3.63) is 34.6 Å². The van der Waals surface area contributed by atoms with Crippen molar-refractivity contribution < 1.29 is 9.84 Å². The molecule has 0 aliphatic carbocycles. The van der Waals surface area contributed by atoms with E-state index in [-0.39, 0.29) is 5.76 Å². The summed E-state index contributed by atoms with van der Waals surface area (Å²) >= 11 is 0. The molecule has 0 aromatic rings. The van der Waals surface area contributed by atoms with E-state index in [1.54, 1.807) is 0 Å². The second-order valence-corrected chi connectivity index (χ2v) is 3.89. The van der Waals surface area contributed by atoms with Gasteiger partial charge in [-0.05, 0) is 31.4 Å². The summed E-state index contributed by atoms with van der Waals surface area (Å²) in [6.45, 7) is 9.24. The largest absolute Gasteiger partial charge is 0.508 e. The van der Waals surface area contributed by atoms with Crippen LogP contribution in [0.1, 0.15) is 20.3 Å². The van der Waals surface area contributed by atoms with Crippen molar-refractivity contribution in [1.82, 2.24) is 0 Å². The monoisotopic (exact) mass is 209 g/mol. The maximum Gasteiger partial charge on any atom is 0.113 e. The third-order valence-electron chi connectivity index (χ3n) is 2.63. The van der Waals surface area contributed by atoms with Crippen LogP contribution in [0.25, 0.3) is 0 Å². The third-order valence-corrected chi connectivity index (χ3v) is 2.63. The molecular weight excluding hydrogens is 190 g/mol. The molecule has 0 unspecified atom stereocenters. The summed E-state index contributed by atoms with van der Waals surface area (Å²) in [5, 5.41) is 9.47. The SMILES string of the molecule is C=C(O)/C(CN)=C1/CCOCC1=C(C)C. The molecule has 0 radical (unpaired) electrons. The maximum atomic E-state index is 9.47. The molecule has 0 aromatic carbocycles. The highest BCUT2D eigenvalue weighted by atomic mass is 16.5. The minimum absolute atomic E-state index is 0.0770. The maximum absolute atomic E-state index is 9.47. The van der Waals surface area contributed by atoms with Crippen molar-refractivity contribution in [3.8, 4) is 0 Å². The zero-order valence-electron chi connectivity index (χ0n) is 9.47. The number of aliphatic hydroxyl groups excluding tert-OH is 1. The van der Waals surface area contributed by atoms with E-state index in [1.165, 1.54) is 5.57 Å². The Morgan fingerprint density at radius 1 is 1.47 bits per heavy atom. The highest BCUT2D eigenvalue weighted by Gasteiger charge is 2.18. The van der Waals surface area contributed by atoms with Gasteiger partial charge < -0.3 is 15.6 Å². The summed E-state index contributed by atoms with van der Waals surface area (Å²) in [5.41, 5.74) is 9.85. The van der Waals surface area contributed by atoms with E-state index in [0.29, 0.717) is 19.8 Å². The predicted octanol–water partition coefficient (Wildman–Crippen LogP) is 2.07. The van der Waals surface area contributed by atoms with Gasteiger partial charge >= 0.3 is 0 Å². The average Bonchev–Trinajstić information content (AvgIpc) is 2.18. The first-order chi connectivity index (χ1) is 7.07. The molecule has 3 nitrogen and oxygen atoms in total. The van der Waals surface area contributed by atoms with Gasteiger partial charge in [0.05, 0.1) is 13.2 Å². The molecular formula is C12H19NO2. The van der Waals surface area contributed by atoms with Crippen molar-refractivity contribution in [2.45, 2.75) is 20.3 Å². The second kappa shape index (κ2) is 5.14. The van der Waals surface area contributed by atoms with Crippen LogP contribution in [0, 0.1) is 0 Å². The fraction of sp³-hybridized carbons (Fsp3) is 0.500. The minimum atomic E-state index is 0.0770. The molecule has 0 amide bonds. The Kier molecular flexibility index (Phi) is 4.12. The van der Waals surface area contributed by atoms with Crippen molar-refractivity contribution in [2.75, 3.05) is 19.8 Å². The molecule has 1 aliphatic rings. The summed E-state index contributed by atoms with van der Waals surface area (Å²) in [6, 6.07) is 0. The van der Waals surface area contributed by atoms with E-state index >= 15 is 0 Å². The number of hydrogen-bond donors (Lipinski definition) is 2. The van der Waals surface area contributed by atoms with E-state index in [0.717, 1.165) is 23.1 Å². The van der Waals surface area contributed by atoms with Crippen molar-refractivity contribution in [1.29, 1.82) is 0 Å². The first kappa shape index (κ1) is 12.0. The van der Waals surface area contributed by atoms with Gasteiger partial charge in [-0.2, -0.15) is 0 Å². The third kappa shape index (κ3) is 2.70. The Balaban J connectivity index is 3.18. The van der Waals surface area contributed by atoms with Crippen molar-refractivity contribution >= 4 is 0 Å². The molecule has 0 atom stereocenters. The smallest absolute Gasteiger partial charge is 0.113 e. The summed E-state index contributed by atoms with van der Waals surface area (Å²) in [5.74, 6) is 0.0770. The van der Waals surface area contributed by atoms with Gasteiger partial charge in [-0.15, -0.1) is 0 Å². The van der Waals surface area contributed by atoms with Gasteiger partial charge in [0.1, 0.15) is 5.76 Å². The zero-order valence-corrected chi connectivity index (χ0v) is 9.47. The van der Waals surface area contributed by atoms with Crippen LogP contribution in [0.4, 0.5) is 0 Å². The normalized spacial score (nSPS) is 20.1. The molecule has 15 heavy (non-hydrogen) atoms. The highest BCUT2D eigenvalue weighted by Crippen LogP contribution is 2.27. The molecule has 1 aliphatic heterocycles. The lowest BCUT2D eigenvalue weighted by atomic mass is 9.92. The van der Waals surface area contributed by atoms with Crippen LogP contribution in [0.5, 0.6) is 0 Å². The van der Waals surface area contributed by atoms with Crippen molar-refractivity contribution in [3.63, 3.8) is 0 Å². The van der Waals surface area contributed by atoms with Crippen LogP contribution >= 0.6 is 0 Å². The van der Waals surface area contributed by atoms with Crippen LogP contribution in [0.3, 0.4) is 0 Å². The second-order valence-electron chi connectivity index (χ2n) is 3.89. The molecule has 1 fully saturated rings. The zero-order chi connectivity index (χ0) is 11.4. The average molecular weight is 209 g/mol. The predicted molar refractivity (Wildman–Crippen MR) is 61.7 cm³/mol. The van der Waals surface area contributed by atoms with Crippen LogP contribution in [0.15, 0.2) is 34.6 Å². The van der Waals surface area contributed by atoms with Gasteiger partial charge in [-0.25, -0.2) is 0 Å². The molecule has 3 heteroatoms. The minimum Gasteiger partial charge on any atom is -0.508 e. The molecule has 0 saturated carbocycles. The molecule has 1 heterocycles. The summed E-state index contributed by atoms with van der Waals surface area (Å²) in [4.78, 5) is 0. The van der Waals surface area contributed by atoms with Gasteiger partial charge in [0, 0.05) is 12.1 Å². The van der Waals surface area contributed by atoms with E-state index in [1.807, 2.05) is 13.8 Å². The fourth-order valence-corrected chi connectivity index (χ4v) is 1.78. The standard InChI is InChI=1S/C12H19NO2/c1-8(2)12-7-15-5-4-10(12)11(6-13)9(3)14/h14H,3-7,13H2,1-2H3/b11-10-. The Hall–Kier alpha value is -1.06. The van der Waals surface area contributed by atoms with Crippen LogP contribution in [-0.2, 0) is 4.74 Å². The van der Waals surface area contributed by atoms with Crippen LogP contribution < -0.4 is 5.73 Å². The van der Waals surface area contributed by atoms with E-state index in [2.05, 4.69) is 6.58 Å². The van der Waals surface area contributed by atoms with Crippen molar-refractivity contribution in [2.24, 2.45) is 5.73 Å². The molecule has 1 saturated heterocycles. The van der Waals surface area contributed by atoms with Crippen LogP contribution in [-0.4, -0.2) is 24.9 Å². The van der Waals surface area contributed by atoms with Gasteiger partial charge in [-0.1, -0.05) is 12.2 Å². The quantitative estimate of drug-likeness (QED) is 0.684.